The lowest BCUT2D eigenvalue weighted by Gasteiger charge is -2.20. The normalized spacial score (nSPS) is 17.3. The zero-order chi connectivity index (χ0) is 15.2. The van der Waals surface area contributed by atoms with Gasteiger partial charge in [-0.05, 0) is 37.6 Å². The molecule has 0 aliphatic heterocycles. The summed E-state index contributed by atoms with van der Waals surface area (Å²) >= 11 is 1.89. The fourth-order valence-corrected chi connectivity index (χ4v) is 4.24. The molecule has 1 saturated carbocycles. The van der Waals surface area contributed by atoms with Crippen LogP contribution >= 0.6 is 11.3 Å². The van der Waals surface area contributed by atoms with Crippen LogP contribution in [0.5, 0.6) is 0 Å². The van der Waals surface area contributed by atoms with Crippen molar-refractivity contribution < 1.29 is 0 Å². The van der Waals surface area contributed by atoms with Crippen LogP contribution in [-0.4, -0.2) is 25.1 Å². The van der Waals surface area contributed by atoms with Gasteiger partial charge >= 0.3 is 0 Å². The fraction of sp³-hybridized carbons (Fsp3) is 0.824. The highest BCUT2D eigenvalue weighted by Crippen LogP contribution is 2.33. The lowest BCUT2D eigenvalue weighted by atomic mass is 10.0. The number of hydrogen-bond donors (Lipinski definition) is 1. The molecular formula is C17H31N3S. The maximum atomic E-state index is 4.98. The van der Waals surface area contributed by atoms with Gasteiger partial charge in [0.2, 0.25) is 0 Å². The minimum absolute atomic E-state index is 0.559. The standard InChI is InChI=1S/C17H31N3S/c1-5-13(3)16-15(11-18-6-2)21-17(19-16)20(4)12-14-9-7-8-10-14/h13-14,18H,5-12H2,1-4H3. The van der Waals surface area contributed by atoms with Gasteiger partial charge in [-0.25, -0.2) is 4.98 Å². The molecule has 1 heterocycles. The molecule has 2 rings (SSSR count). The molecule has 0 bridgehead atoms. The predicted octanol–water partition coefficient (Wildman–Crippen LogP) is 4.39. The van der Waals surface area contributed by atoms with E-state index in [9.17, 15) is 0 Å². The summed E-state index contributed by atoms with van der Waals surface area (Å²) in [5, 5.41) is 4.67. The van der Waals surface area contributed by atoms with Crippen molar-refractivity contribution >= 4 is 16.5 Å². The Kier molecular flexibility index (Phi) is 6.49. The van der Waals surface area contributed by atoms with Gasteiger partial charge in [-0.3, -0.25) is 0 Å². The van der Waals surface area contributed by atoms with Crippen LogP contribution in [-0.2, 0) is 6.54 Å². The SMILES string of the molecule is CCNCc1sc(N(C)CC2CCCC2)nc1C(C)CC. The minimum atomic E-state index is 0.559. The third-order valence-electron chi connectivity index (χ3n) is 4.66. The average molecular weight is 310 g/mol. The molecule has 1 unspecified atom stereocenters. The van der Waals surface area contributed by atoms with E-state index in [4.69, 9.17) is 4.98 Å². The second-order valence-electron chi connectivity index (χ2n) is 6.43. The van der Waals surface area contributed by atoms with Crippen molar-refractivity contribution in [3.8, 4) is 0 Å². The Hall–Kier alpha value is -0.610. The van der Waals surface area contributed by atoms with E-state index in [2.05, 4.69) is 38.0 Å². The molecule has 4 heteroatoms. The zero-order valence-corrected chi connectivity index (χ0v) is 14.9. The molecule has 3 nitrogen and oxygen atoms in total. The first kappa shape index (κ1) is 16.8. The first-order chi connectivity index (χ1) is 10.2. The number of rotatable bonds is 8. The van der Waals surface area contributed by atoms with Crippen LogP contribution in [0.2, 0.25) is 0 Å². The minimum Gasteiger partial charge on any atom is -0.351 e. The Morgan fingerprint density at radius 1 is 1.33 bits per heavy atom. The molecule has 0 amide bonds. The summed E-state index contributed by atoms with van der Waals surface area (Å²) < 4.78 is 0. The molecule has 0 saturated heterocycles. The number of nitrogens with one attached hydrogen (secondary N) is 1. The highest BCUT2D eigenvalue weighted by molar-refractivity contribution is 7.15. The van der Waals surface area contributed by atoms with E-state index in [1.165, 1.54) is 47.9 Å². The van der Waals surface area contributed by atoms with Crippen molar-refractivity contribution in [2.45, 2.75) is 65.3 Å². The molecular weight excluding hydrogens is 278 g/mol. The molecule has 1 aromatic heterocycles. The Morgan fingerprint density at radius 3 is 2.67 bits per heavy atom. The smallest absolute Gasteiger partial charge is 0.185 e. The summed E-state index contributed by atoms with van der Waals surface area (Å²) in [6.07, 6.45) is 6.80. The fourth-order valence-electron chi connectivity index (χ4n) is 3.12. The third kappa shape index (κ3) is 4.43. The van der Waals surface area contributed by atoms with E-state index in [1.807, 2.05) is 11.3 Å². The summed E-state index contributed by atoms with van der Waals surface area (Å²) in [6.45, 7) is 9.87. The van der Waals surface area contributed by atoms with E-state index in [1.54, 1.807) is 0 Å². The first-order valence-corrected chi connectivity index (χ1v) is 9.38. The maximum absolute atomic E-state index is 4.98. The van der Waals surface area contributed by atoms with Crippen molar-refractivity contribution in [3.63, 3.8) is 0 Å². The van der Waals surface area contributed by atoms with Crippen LogP contribution in [0.15, 0.2) is 0 Å². The van der Waals surface area contributed by atoms with Crippen LogP contribution in [0.25, 0.3) is 0 Å². The Bertz CT molecular complexity index is 424. The maximum Gasteiger partial charge on any atom is 0.185 e. The van der Waals surface area contributed by atoms with E-state index < -0.39 is 0 Å². The number of aromatic nitrogens is 1. The summed E-state index contributed by atoms with van der Waals surface area (Å²) in [4.78, 5) is 8.80. The molecule has 1 aromatic rings. The van der Waals surface area contributed by atoms with E-state index in [0.29, 0.717) is 5.92 Å². The molecule has 0 aromatic carbocycles. The van der Waals surface area contributed by atoms with Gasteiger partial charge in [-0.2, -0.15) is 0 Å². The average Bonchev–Trinajstić information content (AvgIpc) is 3.13. The van der Waals surface area contributed by atoms with Gasteiger partial charge in [0.1, 0.15) is 0 Å². The topological polar surface area (TPSA) is 28.2 Å². The lowest BCUT2D eigenvalue weighted by molar-refractivity contribution is 0.546. The van der Waals surface area contributed by atoms with Gasteiger partial charge in [-0.15, -0.1) is 11.3 Å². The Morgan fingerprint density at radius 2 is 2.05 bits per heavy atom. The zero-order valence-electron chi connectivity index (χ0n) is 14.1. The third-order valence-corrected chi connectivity index (χ3v) is 5.85. The quantitative estimate of drug-likeness (QED) is 0.772. The number of nitrogens with zero attached hydrogens (tertiary/aromatic N) is 2. The van der Waals surface area contributed by atoms with Crippen molar-refractivity contribution in [1.82, 2.24) is 10.3 Å². The lowest BCUT2D eigenvalue weighted by Crippen LogP contribution is -2.23. The highest BCUT2D eigenvalue weighted by atomic mass is 32.1. The molecule has 0 radical (unpaired) electrons. The second-order valence-corrected chi connectivity index (χ2v) is 7.49. The van der Waals surface area contributed by atoms with E-state index >= 15 is 0 Å². The van der Waals surface area contributed by atoms with E-state index in [-0.39, 0.29) is 0 Å². The van der Waals surface area contributed by atoms with Crippen LogP contribution in [0.3, 0.4) is 0 Å². The van der Waals surface area contributed by atoms with Crippen molar-refractivity contribution in [2.24, 2.45) is 5.92 Å². The summed E-state index contributed by atoms with van der Waals surface area (Å²) in [6, 6.07) is 0. The first-order valence-electron chi connectivity index (χ1n) is 8.57. The molecule has 21 heavy (non-hydrogen) atoms. The molecule has 1 atom stereocenters. The number of hydrogen-bond acceptors (Lipinski definition) is 4. The monoisotopic (exact) mass is 309 g/mol. The molecule has 1 fully saturated rings. The summed E-state index contributed by atoms with van der Waals surface area (Å²) in [7, 11) is 2.22. The molecule has 1 aliphatic carbocycles. The Labute approximate surface area is 134 Å². The number of thiazole rings is 1. The summed E-state index contributed by atoms with van der Waals surface area (Å²) in [5.41, 5.74) is 1.32. The molecule has 120 valence electrons. The van der Waals surface area contributed by atoms with Crippen molar-refractivity contribution in [1.29, 1.82) is 0 Å². The molecule has 0 spiro atoms. The molecule has 1 aliphatic rings. The van der Waals surface area contributed by atoms with Crippen molar-refractivity contribution in [3.05, 3.63) is 10.6 Å². The largest absolute Gasteiger partial charge is 0.351 e. The van der Waals surface area contributed by atoms with E-state index in [0.717, 1.165) is 25.4 Å². The van der Waals surface area contributed by atoms with Crippen LogP contribution < -0.4 is 10.2 Å². The predicted molar refractivity (Wildman–Crippen MR) is 93.4 cm³/mol. The van der Waals surface area contributed by atoms with Gasteiger partial charge < -0.3 is 10.2 Å². The Balaban J connectivity index is 2.08. The molecule has 1 N–H and O–H groups in total. The van der Waals surface area contributed by atoms with Gasteiger partial charge in [0.05, 0.1) is 5.69 Å². The van der Waals surface area contributed by atoms with Gasteiger partial charge in [-0.1, -0.05) is 33.6 Å². The number of anilines is 1. The van der Waals surface area contributed by atoms with Gasteiger partial charge in [0.25, 0.3) is 0 Å². The summed E-state index contributed by atoms with van der Waals surface area (Å²) in [5.74, 6) is 1.44. The van der Waals surface area contributed by atoms with Crippen LogP contribution in [0.4, 0.5) is 5.13 Å². The van der Waals surface area contributed by atoms with Gasteiger partial charge in [0, 0.05) is 25.0 Å². The second kappa shape index (κ2) is 8.14. The van der Waals surface area contributed by atoms with Crippen LogP contribution in [0, 0.1) is 5.92 Å². The van der Waals surface area contributed by atoms with Crippen LogP contribution in [0.1, 0.15) is 69.4 Å². The van der Waals surface area contributed by atoms with Crippen molar-refractivity contribution in [2.75, 3.05) is 25.0 Å². The van der Waals surface area contributed by atoms with Gasteiger partial charge in [0.15, 0.2) is 5.13 Å². The highest BCUT2D eigenvalue weighted by Gasteiger charge is 2.21.